The highest BCUT2D eigenvalue weighted by atomic mass is 32.2. The topological polar surface area (TPSA) is 90.3 Å². The number of sulfonamides is 1. The molecule has 1 amide bonds. The summed E-state index contributed by atoms with van der Waals surface area (Å²) >= 11 is 0. The molecule has 0 bridgehead atoms. The maximum absolute atomic E-state index is 12.5. The average Bonchev–Trinajstić information content (AvgIpc) is 2.60. The molecule has 136 valence electrons. The Morgan fingerprint density at radius 2 is 1.81 bits per heavy atom. The number of nitrogens with zero attached hydrogens (tertiary/aromatic N) is 2. The van der Waals surface area contributed by atoms with Crippen LogP contribution < -0.4 is 9.62 Å². The lowest BCUT2D eigenvalue weighted by Crippen LogP contribution is -2.37. The second kappa shape index (κ2) is 8.13. The van der Waals surface area contributed by atoms with E-state index in [1.165, 1.54) is 11.8 Å². The van der Waals surface area contributed by atoms with Gasteiger partial charge < -0.3 is 4.90 Å². The molecule has 2 aromatic rings. The summed E-state index contributed by atoms with van der Waals surface area (Å²) < 4.78 is 27.6. The van der Waals surface area contributed by atoms with Gasteiger partial charge in [0.25, 0.3) is 0 Å². The fourth-order valence-corrected chi connectivity index (χ4v) is 3.90. The summed E-state index contributed by atoms with van der Waals surface area (Å²) in [6, 6.07) is 13.8. The second-order valence-electron chi connectivity index (χ2n) is 6.00. The maximum atomic E-state index is 12.5. The monoisotopic (exact) mass is 371 g/mol. The summed E-state index contributed by atoms with van der Waals surface area (Å²) in [5, 5.41) is 8.85. The van der Waals surface area contributed by atoms with Gasteiger partial charge in [-0.05, 0) is 55.3 Å². The van der Waals surface area contributed by atoms with Gasteiger partial charge in [-0.1, -0.05) is 12.1 Å². The third-order valence-corrected chi connectivity index (χ3v) is 5.55. The largest absolute Gasteiger partial charge is 0.311 e. The number of anilines is 1. The van der Waals surface area contributed by atoms with Crippen LogP contribution in [-0.4, -0.2) is 27.4 Å². The lowest BCUT2D eigenvalue weighted by Gasteiger charge is -2.21. The lowest BCUT2D eigenvalue weighted by molar-refractivity contribution is -0.116. The van der Waals surface area contributed by atoms with Crippen LogP contribution in [0.4, 0.5) is 5.69 Å². The van der Waals surface area contributed by atoms with Crippen LogP contribution in [-0.2, 0) is 14.8 Å². The Balaban J connectivity index is 2.11. The summed E-state index contributed by atoms with van der Waals surface area (Å²) in [5.41, 5.74) is 2.63. The molecule has 0 unspecified atom stereocenters. The molecule has 6 nitrogen and oxygen atoms in total. The molecule has 0 aliphatic rings. The molecule has 0 aliphatic heterocycles. The Labute approximate surface area is 154 Å². The van der Waals surface area contributed by atoms with Crippen molar-refractivity contribution >= 4 is 21.6 Å². The quantitative estimate of drug-likeness (QED) is 0.845. The number of benzene rings is 2. The molecule has 2 rings (SSSR count). The smallest absolute Gasteiger partial charge is 0.240 e. The molecule has 0 fully saturated rings. The number of aryl methyl sites for hydroxylation is 2. The van der Waals surface area contributed by atoms with Crippen LogP contribution in [0.15, 0.2) is 47.4 Å². The van der Waals surface area contributed by atoms with Gasteiger partial charge in [-0.15, -0.1) is 0 Å². The molecule has 0 spiro atoms. The molecule has 0 heterocycles. The van der Waals surface area contributed by atoms with Crippen LogP contribution in [0.1, 0.15) is 23.6 Å². The molecule has 0 radical (unpaired) electrons. The standard InChI is InChI=1S/C19H21N3O3S/c1-14-4-5-15(2)19(12-14)26(24,25)21-10-11-22(16(3)23)18-8-6-17(13-20)7-9-18/h4-9,12,21H,10-11H2,1-3H3. The van der Waals surface area contributed by atoms with Crippen LogP contribution >= 0.6 is 0 Å². The van der Waals surface area contributed by atoms with E-state index < -0.39 is 10.0 Å². The molecular weight excluding hydrogens is 350 g/mol. The third kappa shape index (κ3) is 4.69. The van der Waals surface area contributed by atoms with Gasteiger partial charge in [0.2, 0.25) is 15.9 Å². The predicted molar refractivity (Wildman–Crippen MR) is 100 cm³/mol. The Kier molecular flexibility index (Phi) is 6.14. The normalized spacial score (nSPS) is 11.0. The Morgan fingerprint density at radius 3 is 2.38 bits per heavy atom. The van der Waals surface area contributed by atoms with Crippen molar-refractivity contribution in [3.05, 3.63) is 59.2 Å². The molecule has 0 aromatic heterocycles. The van der Waals surface area contributed by atoms with Gasteiger partial charge >= 0.3 is 0 Å². The number of hydrogen-bond acceptors (Lipinski definition) is 4. The van der Waals surface area contributed by atoms with Gasteiger partial charge in [0, 0.05) is 25.7 Å². The van der Waals surface area contributed by atoms with E-state index in [2.05, 4.69) is 4.72 Å². The fourth-order valence-electron chi connectivity index (χ4n) is 2.55. The van der Waals surface area contributed by atoms with Crippen LogP contribution in [0.5, 0.6) is 0 Å². The van der Waals surface area contributed by atoms with Gasteiger partial charge in [0.15, 0.2) is 0 Å². The number of hydrogen-bond donors (Lipinski definition) is 1. The number of carbonyl (C=O) groups is 1. The molecule has 0 saturated heterocycles. The minimum atomic E-state index is -3.66. The lowest BCUT2D eigenvalue weighted by atomic mass is 10.2. The molecule has 1 N–H and O–H groups in total. The van der Waals surface area contributed by atoms with Crippen molar-refractivity contribution < 1.29 is 13.2 Å². The first-order valence-corrected chi connectivity index (χ1v) is 9.58. The number of nitrogens with one attached hydrogen (secondary N) is 1. The average molecular weight is 371 g/mol. The predicted octanol–water partition coefficient (Wildman–Crippen LogP) is 2.51. The Hall–Kier alpha value is -2.69. The highest BCUT2D eigenvalue weighted by molar-refractivity contribution is 7.89. The summed E-state index contributed by atoms with van der Waals surface area (Å²) in [4.78, 5) is 13.6. The van der Waals surface area contributed by atoms with Crippen LogP contribution in [0, 0.1) is 25.2 Å². The number of rotatable bonds is 6. The minimum absolute atomic E-state index is 0.0787. The van der Waals surface area contributed by atoms with Crippen molar-refractivity contribution in [3.8, 4) is 6.07 Å². The van der Waals surface area contributed by atoms with E-state index in [4.69, 9.17) is 5.26 Å². The zero-order valence-electron chi connectivity index (χ0n) is 15.0. The van der Waals surface area contributed by atoms with Crippen molar-refractivity contribution in [2.45, 2.75) is 25.7 Å². The molecule has 0 saturated carbocycles. The van der Waals surface area contributed by atoms with Gasteiger partial charge in [-0.25, -0.2) is 13.1 Å². The van der Waals surface area contributed by atoms with Crippen molar-refractivity contribution in [1.82, 2.24) is 4.72 Å². The maximum Gasteiger partial charge on any atom is 0.240 e. The summed E-state index contributed by atoms with van der Waals surface area (Å²) in [6.07, 6.45) is 0. The van der Waals surface area contributed by atoms with Gasteiger partial charge in [-0.2, -0.15) is 5.26 Å². The number of carbonyl (C=O) groups excluding carboxylic acids is 1. The molecular formula is C19H21N3O3S. The molecule has 0 atom stereocenters. The first-order valence-electron chi connectivity index (χ1n) is 8.10. The van der Waals surface area contributed by atoms with E-state index in [1.54, 1.807) is 43.3 Å². The minimum Gasteiger partial charge on any atom is -0.311 e. The zero-order valence-corrected chi connectivity index (χ0v) is 15.8. The summed E-state index contributed by atoms with van der Waals surface area (Å²) in [6.45, 7) is 5.26. The molecule has 7 heteroatoms. The second-order valence-corrected chi connectivity index (χ2v) is 7.73. The molecule has 26 heavy (non-hydrogen) atoms. The molecule has 2 aromatic carbocycles. The van der Waals surface area contributed by atoms with Gasteiger partial charge in [-0.3, -0.25) is 4.79 Å². The van der Waals surface area contributed by atoms with E-state index in [9.17, 15) is 13.2 Å². The zero-order chi connectivity index (χ0) is 19.3. The first kappa shape index (κ1) is 19.6. The highest BCUT2D eigenvalue weighted by Gasteiger charge is 2.18. The van der Waals surface area contributed by atoms with E-state index in [0.29, 0.717) is 16.8 Å². The Morgan fingerprint density at radius 1 is 1.15 bits per heavy atom. The third-order valence-electron chi connectivity index (χ3n) is 3.95. The van der Waals surface area contributed by atoms with Gasteiger partial charge in [0.05, 0.1) is 16.5 Å². The van der Waals surface area contributed by atoms with E-state index in [-0.39, 0.29) is 23.9 Å². The van der Waals surface area contributed by atoms with E-state index >= 15 is 0 Å². The van der Waals surface area contributed by atoms with E-state index in [1.807, 2.05) is 19.1 Å². The van der Waals surface area contributed by atoms with Crippen molar-refractivity contribution in [2.24, 2.45) is 0 Å². The first-order chi connectivity index (χ1) is 12.2. The van der Waals surface area contributed by atoms with Crippen LogP contribution in [0.3, 0.4) is 0 Å². The summed E-state index contributed by atoms with van der Waals surface area (Å²) in [7, 11) is -3.66. The van der Waals surface area contributed by atoms with Gasteiger partial charge in [0.1, 0.15) is 0 Å². The molecule has 0 aliphatic carbocycles. The fraction of sp³-hybridized carbons (Fsp3) is 0.263. The number of amides is 1. The van der Waals surface area contributed by atoms with E-state index in [0.717, 1.165) is 5.56 Å². The van der Waals surface area contributed by atoms with Crippen molar-refractivity contribution in [1.29, 1.82) is 5.26 Å². The summed E-state index contributed by atoms with van der Waals surface area (Å²) in [5.74, 6) is -0.208. The SMILES string of the molecule is CC(=O)N(CCNS(=O)(=O)c1cc(C)ccc1C)c1ccc(C#N)cc1. The Bertz CT molecular complexity index is 945. The van der Waals surface area contributed by atoms with Crippen LogP contribution in [0.2, 0.25) is 0 Å². The highest BCUT2D eigenvalue weighted by Crippen LogP contribution is 2.17. The van der Waals surface area contributed by atoms with Crippen molar-refractivity contribution in [2.75, 3.05) is 18.0 Å². The van der Waals surface area contributed by atoms with Crippen molar-refractivity contribution in [3.63, 3.8) is 0 Å². The number of nitriles is 1. The van der Waals surface area contributed by atoms with Crippen LogP contribution in [0.25, 0.3) is 0 Å².